The second-order valence-electron chi connectivity index (χ2n) is 6.80. The summed E-state index contributed by atoms with van der Waals surface area (Å²) in [6.45, 7) is 3.24. The molecular formula is C19H20BrN7O6. The van der Waals surface area contributed by atoms with Crippen molar-refractivity contribution in [3.63, 3.8) is 0 Å². The highest BCUT2D eigenvalue weighted by molar-refractivity contribution is 9.10. The summed E-state index contributed by atoms with van der Waals surface area (Å²) < 4.78 is 12.6. The lowest BCUT2D eigenvalue weighted by molar-refractivity contribution is -0.386. The van der Waals surface area contributed by atoms with Crippen LogP contribution in [-0.2, 0) is 11.3 Å². The number of rotatable bonds is 10. The lowest BCUT2D eigenvalue weighted by Gasteiger charge is -2.07. The van der Waals surface area contributed by atoms with Crippen molar-refractivity contribution in [1.29, 1.82) is 0 Å². The summed E-state index contributed by atoms with van der Waals surface area (Å²) >= 11 is 3.31. The zero-order valence-corrected chi connectivity index (χ0v) is 19.3. The fourth-order valence-electron chi connectivity index (χ4n) is 2.83. The van der Waals surface area contributed by atoms with E-state index >= 15 is 0 Å². The minimum absolute atomic E-state index is 0.00567. The van der Waals surface area contributed by atoms with Gasteiger partial charge in [-0.1, -0.05) is 21.1 Å². The first-order valence-corrected chi connectivity index (χ1v) is 10.5. The highest BCUT2D eigenvalue weighted by atomic mass is 79.9. The first-order chi connectivity index (χ1) is 15.7. The lowest BCUT2D eigenvalue weighted by atomic mass is 10.3. The number of aromatic nitrogens is 4. The minimum atomic E-state index is -0.617. The third-order valence-corrected chi connectivity index (χ3v) is 4.92. The number of aryl methyl sites for hydroxylation is 1. The Bertz CT molecular complexity index is 1160. The van der Waals surface area contributed by atoms with E-state index in [-0.39, 0.29) is 55.2 Å². The van der Waals surface area contributed by atoms with Crippen molar-refractivity contribution in [2.75, 3.05) is 19.7 Å². The maximum atomic E-state index is 12.1. The molecule has 1 aromatic carbocycles. The van der Waals surface area contributed by atoms with Crippen LogP contribution in [0, 0.1) is 24.0 Å². The number of nitrogens with one attached hydrogen (secondary N) is 2. The van der Waals surface area contributed by atoms with Gasteiger partial charge >= 0.3 is 17.5 Å². The van der Waals surface area contributed by atoms with Crippen molar-refractivity contribution in [3.8, 4) is 5.75 Å². The molecule has 0 aliphatic heterocycles. The van der Waals surface area contributed by atoms with E-state index in [0.717, 1.165) is 4.47 Å². The van der Waals surface area contributed by atoms with E-state index in [1.807, 2.05) is 0 Å². The van der Waals surface area contributed by atoms with E-state index in [1.54, 1.807) is 31.2 Å². The number of carbonyl (C=O) groups is 2. The zero-order chi connectivity index (χ0) is 24.0. The van der Waals surface area contributed by atoms with E-state index < -0.39 is 10.8 Å². The highest BCUT2D eigenvalue weighted by Gasteiger charge is 2.23. The summed E-state index contributed by atoms with van der Waals surface area (Å²) in [7, 11) is 0. The lowest BCUT2D eigenvalue weighted by Crippen LogP contribution is -2.36. The summed E-state index contributed by atoms with van der Waals surface area (Å²) in [6, 6.07) is 7.05. The molecule has 13 nitrogen and oxygen atoms in total. The van der Waals surface area contributed by atoms with Gasteiger partial charge in [-0.2, -0.15) is 10.1 Å². The molecule has 0 spiro atoms. The van der Waals surface area contributed by atoms with Gasteiger partial charge in [0, 0.05) is 17.6 Å². The summed E-state index contributed by atoms with van der Waals surface area (Å²) in [6.07, 6.45) is 0. The third kappa shape index (κ3) is 6.35. The number of hydrogen-bond donors (Lipinski definition) is 2. The predicted octanol–water partition coefficient (Wildman–Crippen LogP) is 1.53. The summed E-state index contributed by atoms with van der Waals surface area (Å²) in [4.78, 5) is 38.5. The molecule has 0 saturated heterocycles. The quantitative estimate of drug-likeness (QED) is 0.228. The van der Waals surface area contributed by atoms with Crippen molar-refractivity contribution < 1.29 is 23.8 Å². The molecule has 33 heavy (non-hydrogen) atoms. The Kier molecular flexibility index (Phi) is 7.71. The number of ether oxygens (including phenoxy) is 1. The van der Waals surface area contributed by atoms with Gasteiger partial charge < -0.3 is 19.9 Å². The largest absolute Gasteiger partial charge is 0.484 e. The predicted molar refractivity (Wildman–Crippen MR) is 117 cm³/mol. The monoisotopic (exact) mass is 521 g/mol. The normalized spacial score (nSPS) is 10.6. The van der Waals surface area contributed by atoms with Crippen LogP contribution in [0.1, 0.15) is 27.9 Å². The summed E-state index contributed by atoms with van der Waals surface area (Å²) in [5.41, 5.74) is 0.525. The SMILES string of the molecule is Cc1nn(Cc2noc(C(=O)NCCNC(=O)COc3ccc(Br)cc3)n2)c(C)c1[N+](=O)[O-]. The molecule has 0 unspecified atom stereocenters. The molecule has 14 heteroatoms. The number of benzene rings is 1. The molecule has 3 rings (SSSR count). The first kappa shape index (κ1) is 23.8. The van der Waals surface area contributed by atoms with Crippen LogP contribution in [0.3, 0.4) is 0 Å². The number of nitro groups is 1. The highest BCUT2D eigenvalue weighted by Crippen LogP contribution is 2.22. The Morgan fingerprint density at radius 3 is 2.58 bits per heavy atom. The van der Waals surface area contributed by atoms with E-state index in [4.69, 9.17) is 9.26 Å². The molecule has 0 atom stereocenters. The molecule has 2 amide bonds. The van der Waals surface area contributed by atoms with Crippen molar-refractivity contribution in [2.45, 2.75) is 20.4 Å². The van der Waals surface area contributed by atoms with Crippen molar-refractivity contribution >= 4 is 33.4 Å². The van der Waals surface area contributed by atoms with Gasteiger partial charge in [0.05, 0.1) is 4.92 Å². The number of hydrogen-bond acceptors (Lipinski definition) is 9. The van der Waals surface area contributed by atoms with Gasteiger partial charge in [0.15, 0.2) is 12.4 Å². The number of halogens is 1. The fraction of sp³-hybridized carbons (Fsp3) is 0.316. The van der Waals surface area contributed by atoms with Crippen LogP contribution in [0.2, 0.25) is 0 Å². The molecule has 3 aromatic rings. The second kappa shape index (κ2) is 10.7. The van der Waals surface area contributed by atoms with Crippen LogP contribution >= 0.6 is 15.9 Å². The molecule has 2 N–H and O–H groups in total. The standard InChI is InChI=1S/C19H20BrN7O6/c1-11-17(27(30)31)12(2)26(24-11)9-15-23-19(33-25-15)18(29)22-8-7-21-16(28)10-32-14-5-3-13(20)4-6-14/h3-6H,7-10H2,1-2H3,(H,21,28)(H,22,29). The number of carbonyl (C=O) groups excluding carboxylic acids is 2. The van der Waals surface area contributed by atoms with Gasteiger partial charge in [0.25, 0.3) is 5.91 Å². The van der Waals surface area contributed by atoms with Gasteiger partial charge in [0.1, 0.15) is 23.7 Å². The molecular weight excluding hydrogens is 502 g/mol. The Morgan fingerprint density at radius 2 is 1.91 bits per heavy atom. The Morgan fingerprint density at radius 1 is 1.21 bits per heavy atom. The number of nitrogens with zero attached hydrogens (tertiary/aromatic N) is 5. The average Bonchev–Trinajstić information content (AvgIpc) is 3.35. The van der Waals surface area contributed by atoms with Gasteiger partial charge in [0.2, 0.25) is 0 Å². The Labute approximate surface area is 195 Å². The van der Waals surface area contributed by atoms with Gasteiger partial charge in [-0.05, 0) is 38.1 Å². The third-order valence-electron chi connectivity index (χ3n) is 4.40. The molecule has 2 heterocycles. The van der Waals surface area contributed by atoms with Crippen LogP contribution in [0.15, 0.2) is 33.3 Å². The summed E-state index contributed by atoms with van der Waals surface area (Å²) in [5, 5.41) is 24.1. The zero-order valence-electron chi connectivity index (χ0n) is 17.7. The Hall–Kier alpha value is -3.81. The topological polar surface area (TPSA) is 167 Å². The van der Waals surface area contributed by atoms with E-state index in [2.05, 4.69) is 41.8 Å². The van der Waals surface area contributed by atoms with E-state index in [0.29, 0.717) is 11.4 Å². The van der Waals surface area contributed by atoms with Crippen LogP contribution in [0.4, 0.5) is 5.69 Å². The van der Waals surface area contributed by atoms with Crippen LogP contribution in [0.5, 0.6) is 5.75 Å². The fourth-order valence-corrected chi connectivity index (χ4v) is 3.10. The Balaban J connectivity index is 1.41. The van der Waals surface area contributed by atoms with Crippen LogP contribution in [0.25, 0.3) is 0 Å². The summed E-state index contributed by atoms with van der Waals surface area (Å²) in [5.74, 6) is -0.534. The molecule has 2 aromatic heterocycles. The van der Waals surface area contributed by atoms with Crippen molar-refractivity contribution in [3.05, 3.63) is 62.0 Å². The molecule has 0 bridgehead atoms. The minimum Gasteiger partial charge on any atom is -0.484 e. The smallest absolute Gasteiger partial charge is 0.316 e. The second-order valence-corrected chi connectivity index (χ2v) is 7.71. The molecule has 0 radical (unpaired) electrons. The average molecular weight is 522 g/mol. The van der Waals surface area contributed by atoms with Crippen molar-refractivity contribution in [2.24, 2.45) is 0 Å². The van der Waals surface area contributed by atoms with Crippen LogP contribution in [-0.4, -0.2) is 56.4 Å². The maximum absolute atomic E-state index is 12.1. The molecule has 0 aliphatic rings. The first-order valence-electron chi connectivity index (χ1n) is 9.69. The molecule has 0 saturated carbocycles. The van der Waals surface area contributed by atoms with E-state index in [1.165, 1.54) is 11.6 Å². The molecule has 0 aliphatic carbocycles. The number of amides is 2. The van der Waals surface area contributed by atoms with Gasteiger partial charge in [-0.3, -0.25) is 24.4 Å². The van der Waals surface area contributed by atoms with Gasteiger partial charge in [-0.15, -0.1) is 0 Å². The molecule has 0 fully saturated rings. The van der Waals surface area contributed by atoms with Crippen molar-refractivity contribution in [1.82, 2.24) is 30.6 Å². The molecule has 174 valence electrons. The van der Waals surface area contributed by atoms with Crippen LogP contribution < -0.4 is 15.4 Å². The van der Waals surface area contributed by atoms with E-state index in [9.17, 15) is 19.7 Å². The van der Waals surface area contributed by atoms with Gasteiger partial charge in [-0.25, -0.2) is 0 Å². The maximum Gasteiger partial charge on any atom is 0.316 e.